The van der Waals surface area contributed by atoms with Crippen molar-refractivity contribution in [3.05, 3.63) is 42.7 Å². The summed E-state index contributed by atoms with van der Waals surface area (Å²) in [4.78, 5) is 0. The number of rotatable bonds is 2. The van der Waals surface area contributed by atoms with Gasteiger partial charge in [-0.3, -0.25) is 0 Å². The zero-order valence-corrected chi connectivity index (χ0v) is 5.92. The second-order valence-corrected chi connectivity index (χ2v) is 2.04. The lowest BCUT2D eigenvalue weighted by molar-refractivity contribution is 0.430. The molecule has 0 N–H and O–H groups in total. The molecule has 0 atom stereocenters. The van der Waals surface area contributed by atoms with E-state index < -0.39 is 0 Å². The Morgan fingerprint density at radius 3 is 3.00 bits per heavy atom. The van der Waals surface area contributed by atoms with Crippen LogP contribution in [0.2, 0.25) is 0 Å². The first-order valence-electron chi connectivity index (χ1n) is 3.08. The highest BCUT2D eigenvalue weighted by Gasteiger charge is 1.88. The van der Waals surface area contributed by atoms with Crippen molar-refractivity contribution < 1.29 is 4.74 Å². The SMILES string of the molecule is C=C(C)Oc1c[c]ccc1. The minimum atomic E-state index is 0.694. The van der Waals surface area contributed by atoms with Crippen molar-refractivity contribution in [2.45, 2.75) is 6.92 Å². The average molecular weight is 133 g/mol. The van der Waals surface area contributed by atoms with E-state index in [2.05, 4.69) is 12.6 Å². The summed E-state index contributed by atoms with van der Waals surface area (Å²) in [6.45, 7) is 5.43. The maximum Gasteiger partial charge on any atom is 0.127 e. The monoisotopic (exact) mass is 133 g/mol. The van der Waals surface area contributed by atoms with Gasteiger partial charge in [0.1, 0.15) is 5.75 Å². The molecule has 0 aliphatic rings. The smallest absolute Gasteiger partial charge is 0.127 e. The van der Waals surface area contributed by atoms with Crippen molar-refractivity contribution in [3.63, 3.8) is 0 Å². The summed E-state index contributed by atoms with van der Waals surface area (Å²) in [7, 11) is 0. The minimum absolute atomic E-state index is 0.694. The van der Waals surface area contributed by atoms with Gasteiger partial charge in [-0.25, -0.2) is 0 Å². The third-order valence-corrected chi connectivity index (χ3v) is 0.971. The fraction of sp³-hybridized carbons (Fsp3) is 0.111. The van der Waals surface area contributed by atoms with Crippen LogP contribution in [0.3, 0.4) is 0 Å². The minimum Gasteiger partial charge on any atom is -0.463 e. The summed E-state index contributed by atoms with van der Waals surface area (Å²) in [6.07, 6.45) is 0. The van der Waals surface area contributed by atoms with Crippen LogP contribution in [0.1, 0.15) is 6.92 Å². The van der Waals surface area contributed by atoms with Crippen LogP contribution >= 0.6 is 0 Å². The normalized spacial score (nSPS) is 8.90. The standard InChI is InChI=1S/C9H9O/c1-8(2)10-9-6-4-3-5-7-9/h3-4,6-7H,1H2,2H3. The Kier molecular flexibility index (Phi) is 2.11. The molecule has 1 aromatic carbocycles. The van der Waals surface area contributed by atoms with Gasteiger partial charge in [0.15, 0.2) is 0 Å². The van der Waals surface area contributed by atoms with Crippen LogP contribution < -0.4 is 4.74 Å². The van der Waals surface area contributed by atoms with Gasteiger partial charge in [0.05, 0.1) is 5.76 Å². The van der Waals surface area contributed by atoms with Gasteiger partial charge in [-0.1, -0.05) is 18.7 Å². The number of benzene rings is 1. The molecular weight excluding hydrogens is 124 g/mol. The van der Waals surface area contributed by atoms with E-state index in [0.29, 0.717) is 5.76 Å². The van der Waals surface area contributed by atoms with E-state index in [0.717, 1.165) is 5.75 Å². The predicted molar refractivity (Wildman–Crippen MR) is 40.7 cm³/mol. The molecular formula is C9H9O. The molecule has 0 heterocycles. The molecule has 51 valence electrons. The molecule has 1 radical (unpaired) electrons. The summed E-state index contributed by atoms with van der Waals surface area (Å²) in [5, 5.41) is 0. The van der Waals surface area contributed by atoms with Crippen LogP contribution in [0, 0.1) is 6.07 Å². The maximum atomic E-state index is 5.19. The topological polar surface area (TPSA) is 9.23 Å². The van der Waals surface area contributed by atoms with Crippen LogP contribution in [0.4, 0.5) is 0 Å². The summed E-state index contributed by atoms with van der Waals surface area (Å²) >= 11 is 0. The summed E-state index contributed by atoms with van der Waals surface area (Å²) in [6, 6.07) is 10.2. The molecule has 0 spiro atoms. The van der Waals surface area contributed by atoms with Gasteiger partial charge >= 0.3 is 0 Å². The van der Waals surface area contributed by atoms with Gasteiger partial charge in [-0.05, 0) is 25.1 Å². The van der Waals surface area contributed by atoms with Crippen molar-refractivity contribution in [1.82, 2.24) is 0 Å². The lowest BCUT2D eigenvalue weighted by Gasteiger charge is -2.01. The second kappa shape index (κ2) is 3.06. The lowest BCUT2D eigenvalue weighted by Crippen LogP contribution is -1.86. The highest BCUT2D eigenvalue weighted by Crippen LogP contribution is 2.10. The molecule has 0 saturated carbocycles. The molecule has 10 heavy (non-hydrogen) atoms. The van der Waals surface area contributed by atoms with Gasteiger partial charge in [-0.15, -0.1) is 0 Å². The average Bonchev–Trinajstić information content (AvgIpc) is 1.88. The van der Waals surface area contributed by atoms with Gasteiger partial charge in [0.25, 0.3) is 0 Å². The van der Waals surface area contributed by atoms with E-state index in [1.807, 2.05) is 25.1 Å². The first-order valence-corrected chi connectivity index (χ1v) is 3.08. The highest BCUT2D eigenvalue weighted by molar-refractivity contribution is 5.21. The number of hydrogen-bond acceptors (Lipinski definition) is 1. The van der Waals surface area contributed by atoms with Crippen LogP contribution in [-0.2, 0) is 0 Å². The largest absolute Gasteiger partial charge is 0.463 e. The fourth-order valence-corrected chi connectivity index (χ4v) is 0.642. The molecule has 1 heteroatoms. The van der Waals surface area contributed by atoms with Crippen LogP contribution in [0.5, 0.6) is 5.75 Å². The van der Waals surface area contributed by atoms with Crippen LogP contribution in [0.15, 0.2) is 36.6 Å². The molecule has 0 bridgehead atoms. The fourth-order valence-electron chi connectivity index (χ4n) is 0.642. The van der Waals surface area contributed by atoms with E-state index in [9.17, 15) is 0 Å². The molecule has 1 rings (SSSR count). The van der Waals surface area contributed by atoms with E-state index in [-0.39, 0.29) is 0 Å². The molecule has 0 saturated heterocycles. The first kappa shape index (κ1) is 6.87. The van der Waals surface area contributed by atoms with Crippen molar-refractivity contribution in [1.29, 1.82) is 0 Å². The van der Waals surface area contributed by atoms with Crippen LogP contribution in [0.25, 0.3) is 0 Å². The van der Waals surface area contributed by atoms with E-state index >= 15 is 0 Å². The third kappa shape index (κ3) is 1.94. The van der Waals surface area contributed by atoms with Gasteiger partial charge in [0.2, 0.25) is 0 Å². The van der Waals surface area contributed by atoms with Gasteiger partial charge in [-0.2, -0.15) is 0 Å². The Morgan fingerprint density at radius 1 is 1.70 bits per heavy atom. The second-order valence-electron chi connectivity index (χ2n) is 2.04. The zero-order chi connectivity index (χ0) is 7.40. The third-order valence-electron chi connectivity index (χ3n) is 0.971. The summed E-state index contributed by atoms with van der Waals surface area (Å²) in [5.41, 5.74) is 0. The van der Waals surface area contributed by atoms with Crippen LogP contribution in [-0.4, -0.2) is 0 Å². The van der Waals surface area contributed by atoms with Gasteiger partial charge in [0, 0.05) is 0 Å². The van der Waals surface area contributed by atoms with Crippen molar-refractivity contribution in [3.8, 4) is 5.75 Å². The molecule has 0 aliphatic carbocycles. The summed E-state index contributed by atoms with van der Waals surface area (Å²) in [5.74, 6) is 1.48. The quantitative estimate of drug-likeness (QED) is 0.563. The Morgan fingerprint density at radius 2 is 2.50 bits per heavy atom. The molecule has 0 aromatic heterocycles. The Hall–Kier alpha value is -1.24. The highest BCUT2D eigenvalue weighted by atomic mass is 16.5. The maximum absolute atomic E-state index is 5.19. The Bertz CT molecular complexity index is 213. The first-order chi connectivity index (χ1) is 4.79. The molecule has 0 unspecified atom stereocenters. The van der Waals surface area contributed by atoms with Gasteiger partial charge < -0.3 is 4.74 Å². The Labute approximate surface area is 61.0 Å². The molecule has 0 amide bonds. The number of allylic oxidation sites excluding steroid dienone is 1. The van der Waals surface area contributed by atoms with Crippen molar-refractivity contribution in [2.24, 2.45) is 0 Å². The Balaban J connectivity index is 2.67. The molecule has 0 aliphatic heterocycles. The number of hydrogen-bond donors (Lipinski definition) is 0. The summed E-state index contributed by atoms with van der Waals surface area (Å²) < 4.78 is 5.19. The molecule has 0 fully saturated rings. The molecule has 1 nitrogen and oxygen atoms in total. The van der Waals surface area contributed by atoms with Crippen molar-refractivity contribution >= 4 is 0 Å². The van der Waals surface area contributed by atoms with E-state index in [1.54, 1.807) is 6.07 Å². The number of ether oxygens (including phenoxy) is 1. The lowest BCUT2D eigenvalue weighted by atomic mass is 10.3. The van der Waals surface area contributed by atoms with E-state index in [4.69, 9.17) is 4.74 Å². The predicted octanol–water partition coefficient (Wildman–Crippen LogP) is 2.40. The zero-order valence-electron chi connectivity index (χ0n) is 5.92. The van der Waals surface area contributed by atoms with E-state index in [1.165, 1.54) is 0 Å². The van der Waals surface area contributed by atoms with Crippen molar-refractivity contribution in [2.75, 3.05) is 0 Å². The molecule has 1 aromatic rings.